The Hall–Kier alpha value is -3.08. The smallest absolute Gasteiger partial charge is 0.248 e. The van der Waals surface area contributed by atoms with Crippen LogP contribution in [0.2, 0.25) is 0 Å². The van der Waals surface area contributed by atoms with E-state index in [2.05, 4.69) is 20.4 Å². The molecule has 192 valence electrons. The Morgan fingerprint density at radius 1 is 0.571 bits per heavy atom. The number of benzene rings is 1. The van der Waals surface area contributed by atoms with E-state index in [0.29, 0.717) is 39.0 Å². The predicted molar refractivity (Wildman–Crippen MR) is 119 cm³/mol. The number of aromatic nitrogens is 3. The summed E-state index contributed by atoms with van der Waals surface area (Å²) in [5.41, 5.74) is 27.2. The van der Waals surface area contributed by atoms with Crippen molar-refractivity contribution < 1.29 is 22.0 Å². The van der Waals surface area contributed by atoms with E-state index in [1.807, 2.05) is 5.43 Å². The third-order valence-corrected chi connectivity index (χ3v) is 5.72. The van der Waals surface area contributed by atoms with Crippen molar-refractivity contribution in [3.05, 3.63) is 29.1 Å². The van der Waals surface area contributed by atoms with Crippen LogP contribution in [0.25, 0.3) is 0 Å². The lowest BCUT2D eigenvalue weighted by molar-refractivity contribution is 0.381. The molecule has 2 aliphatic heterocycles. The van der Waals surface area contributed by atoms with Crippen molar-refractivity contribution in [2.45, 2.75) is 37.0 Å². The van der Waals surface area contributed by atoms with Crippen molar-refractivity contribution in [2.24, 2.45) is 22.9 Å². The summed E-state index contributed by atoms with van der Waals surface area (Å²) in [7, 11) is 0. The fourth-order valence-electron chi connectivity index (χ4n) is 4.21. The molecule has 0 saturated carbocycles. The van der Waals surface area contributed by atoms with E-state index in [0.717, 1.165) is 0 Å². The molecule has 0 spiro atoms. The van der Waals surface area contributed by atoms with Gasteiger partial charge in [-0.15, -0.1) is 0 Å². The summed E-state index contributed by atoms with van der Waals surface area (Å²) in [6.07, 6.45) is 1.19. The highest BCUT2D eigenvalue weighted by Crippen LogP contribution is 2.28. The van der Waals surface area contributed by atoms with Crippen LogP contribution in [0.3, 0.4) is 0 Å². The van der Waals surface area contributed by atoms with Gasteiger partial charge in [-0.2, -0.15) is 15.0 Å². The monoisotopic (exact) mass is 503 g/mol. The molecule has 0 amide bonds. The van der Waals surface area contributed by atoms with Gasteiger partial charge in [0.25, 0.3) is 0 Å². The largest absolute Gasteiger partial charge is 0.338 e. The van der Waals surface area contributed by atoms with Crippen LogP contribution in [0.1, 0.15) is 12.8 Å². The Morgan fingerprint density at radius 3 is 1.34 bits per heavy atom. The lowest BCUT2D eigenvalue weighted by atomic mass is 10.0. The fourth-order valence-corrected chi connectivity index (χ4v) is 4.21. The maximum absolute atomic E-state index is 14.1. The first kappa shape index (κ1) is 25.0. The van der Waals surface area contributed by atoms with Crippen LogP contribution in [-0.2, 0) is 0 Å². The number of piperidine rings is 2. The van der Waals surface area contributed by atoms with Gasteiger partial charge in [0.1, 0.15) is 5.69 Å². The maximum atomic E-state index is 14.1. The Balaban J connectivity index is 1.67. The molecule has 1 aromatic heterocycles. The van der Waals surface area contributed by atoms with Crippen molar-refractivity contribution in [1.29, 1.82) is 0 Å². The molecule has 2 aromatic rings. The van der Waals surface area contributed by atoms with Crippen LogP contribution < -0.4 is 43.6 Å². The molecule has 1 aromatic carbocycles. The zero-order valence-corrected chi connectivity index (χ0v) is 18.5. The molecule has 10 N–H and O–H groups in total. The highest BCUT2D eigenvalue weighted by Gasteiger charge is 2.30. The molecule has 3 heterocycles. The fraction of sp³-hybridized carbons (Fsp3) is 0.526. The van der Waals surface area contributed by atoms with Gasteiger partial charge in [0.05, 0.1) is 0 Å². The molecule has 11 nitrogen and oxygen atoms in total. The molecule has 4 atom stereocenters. The minimum Gasteiger partial charge on any atom is -0.338 e. The van der Waals surface area contributed by atoms with E-state index in [1.54, 1.807) is 9.80 Å². The number of nitrogens with zero attached hydrogens (tertiary/aromatic N) is 5. The maximum Gasteiger partial charge on any atom is 0.248 e. The molecule has 2 aliphatic rings. The Kier molecular flexibility index (Phi) is 7.07. The van der Waals surface area contributed by atoms with E-state index < -0.39 is 34.8 Å². The van der Waals surface area contributed by atoms with E-state index in [9.17, 15) is 22.0 Å². The standard InChI is InChI=1S/C19H26F5N11/c20-11-12(21)14(23)16(15(24)13(11)22)32-33-17-29-18(34-3-7(25)1-8(26)4-34)31-19(30-17)35-5-9(27)2-10(28)6-35/h7-10,32H,1-6,25-28H2,(H,29,30,31,33)/t7-,8+,9-,10+. The minimum atomic E-state index is -2.27. The van der Waals surface area contributed by atoms with Gasteiger partial charge in [0.2, 0.25) is 23.7 Å². The van der Waals surface area contributed by atoms with Crippen LogP contribution in [0.5, 0.6) is 0 Å². The van der Waals surface area contributed by atoms with E-state index in [-0.39, 0.29) is 42.0 Å². The summed E-state index contributed by atoms with van der Waals surface area (Å²) in [5, 5.41) is 0. The molecule has 0 radical (unpaired) electrons. The lowest BCUT2D eigenvalue weighted by Gasteiger charge is -2.37. The van der Waals surface area contributed by atoms with Crippen molar-refractivity contribution in [2.75, 3.05) is 46.8 Å². The minimum absolute atomic E-state index is 0.148. The molecule has 0 unspecified atom stereocenters. The summed E-state index contributed by atoms with van der Waals surface area (Å²) >= 11 is 0. The van der Waals surface area contributed by atoms with Gasteiger partial charge < -0.3 is 32.7 Å². The van der Waals surface area contributed by atoms with E-state index in [1.165, 1.54) is 0 Å². The summed E-state index contributed by atoms with van der Waals surface area (Å²) in [6.45, 7) is 1.50. The van der Waals surface area contributed by atoms with Crippen LogP contribution in [0.4, 0.5) is 45.5 Å². The molecule has 4 rings (SSSR count). The zero-order valence-electron chi connectivity index (χ0n) is 18.5. The number of nitrogens with one attached hydrogen (secondary N) is 2. The Morgan fingerprint density at radius 2 is 0.943 bits per heavy atom. The number of halogens is 5. The van der Waals surface area contributed by atoms with E-state index >= 15 is 0 Å². The normalized spacial score (nSPS) is 25.1. The van der Waals surface area contributed by atoms with Gasteiger partial charge >= 0.3 is 0 Å². The number of rotatable bonds is 5. The molecule has 16 heteroatoms. The van der Waals surface area contributed by atoms with Gasteiger partial charge in [-0.05, 0) is 12.8 Å². The first-order valence-corrected chi connectivity index (χ1v) is 10.8. The lowest BCUT2D eigenvalue weighted by Crippen LogP contribution is -2.54. The van der Waals surface area contributed by atoms with Gasteiger partial charge in [-0.25, -0.2) is 22.0 Å². The van der Waals surface area contributed by atoms with Crippen molar-refractivity contribution in [3.8, 4) is 0 Å². The van der Waals surface area contributed by atoms with Crippen molar-refractivity contribution in [3.63, 3.8) is 0 Å². The molecule has 2 saturated heterocycles. The third-order valence-electron chi connectivity index (χ3n) is 5.72. The Labute approximate surface area is 197 Å². The summed E-state index contributed by atoms with van der Waals surface area (Å²) < 4.78 is 68.6. The topological polar surface area (TPSA) is 173 Å². The average molecular weight is 503 g/mol. The van der Waals surface area contributed by atoms with Crippen LogP contribution in [-0.4, -0.2) is 65.3 Å². The first-order chi connectivity index (χ1) is 16.5. The van der Waals surface area contributed by atoms with Crippen LogP contribution >= 0.6 is 0 Å². The van der Waals surface area contributed by atoms with Crippen molar-refractivity contribution in [1.82, 2.24) is 15.0 Å². The van der Waals surface area contributed by atoms with Gasteiger partial charge in [0.15, 0.2) is 23.3 Å². The quantitative estimate of drug-likeness (QED) is 0.137. The molecule has 0 bridgehead atoms. The van der Waals surface area contributed by atoms with Gasteiger partial charge in [0, 0.05) is 50.3 Å². The third kappa shape index (κ3) is 5.29. The average Bonchev–Trinajstić information content (AvgIpc) is 2.80. The number of anilines is 4. The number of hydrazine groups is 1. The molecular formula is C19H26F5N11. The van der Waals surface area contributed by atoms with Gasteiger partial charge in [-0.1, -0.05) is 0 Å². The summed E-state index contributed by atoms with van der Waals surface area (Å²) in [5.74, 6) is -10.5. The zero-order chi connectivity index (χ0) is 25.4. The SMILES string of the molecule is N[C@@H]1C[C@H](N)CN(c2nc(NNc3c(F)c(F)c(F)c(F)c3F)nc(N3C[C@H](N)C[C@H](N)C3)n2)C1. The number of hydrogen-bond donors (Lipinski definition) is 6. The Bertz CT molecular complexity index is 996. The number of nitrogens with two attached hydrogens (primary N) is 4. The van der Waals surface area contributed by atoms with Crippen LogP contribution in [0, 0.1) is 29.1 Å². The molecular weight excluding hydrogens is 477 g/mol. The van der Waals surface area contributed by atoms with E-state index in [4.69, 9.17) is 22.9 Å². The second kappa shape index (κ2) is 9.88. The molecule has 2 fully saturated rings. The second-order valence-corrected chi connectivity index (χ2v) is 8.78. The summed E-state index contributed by atoms with van der Waals surface area (Å²) in [6, 6.07) is -1.00. The molecule has 35 heavy (non-hydrogen) atoms. The summed E-state index contributed by atoms with van der Waals surface area (Å²) in [4.78, 5) is 16.3. The highest BCUT2D eigenvalue weighted by molar-refractivity contribution is 5.53. The highest BCUT2D eigenvalue weighted by atomic mass is 19.2. The van der Waals surface area contributed by atoms with Gasteiger partial charge in [-0.3, -0.25) is 10.9 Å². The first-order valence-electron chi connectivity index (χ1n) is 10.8. The predicted octanol–water partition coefficient (Wildman–Crippen LogP) is -0.264. The molecule has 0 aliphatic carbocycles. The second-order valence-electron chi connectivity index (χ2n) is 8.78. The van der Waals surface area contributed by atoms with Crippen LogP contribution in [0.15, 0.2) is 0 Å². The van der Waals surface area contributed by atoms with Crippen molar-refractivity contribution >= 4 is 23.5 Å². The number of hydrogen-bond acceptors (Lipinski definition) is 11.